The van der Waals surface area contributed by atoms with Crippen LogP contribution in [0.5, 0.6) is 11.5 Å². The first-order valence-electron chi connectivity index (χ1n) is 10.1. The molecule has 2 heterocycles. The van der Waals surface area contributed by atoms with Gasteiger partial charge in [-0.2, -0.15) is 28.6 Å². The molecule has 0 saturated carbocycles. The van der Waals surface area contributed by atoms with E-state index in [0.717, 1.165) is 11.4 Å². The molecule has 1 radical (unpaired) electrons. The topological polar surface area (TPSA) is 191 Å². The third-order valence-electron chi connectivity index (χ3n) is 4.04. The van der Waals surface area contributed by atoms with Gasteiger partial charge in [0.1, 0.15) is 0 Å². The van der Waals surface area contributed by atoms with E-state index in [-0.39, 0.29) is 37.4 Å². The van der Waals surface area contributed by atoms with E-state index in [1.807, 2.05) is 50.8 Å². The number of nitrogens with zero attached hydrogens (tertiary/aromatic N) is 5. The Kier molecular flexibility index (Phi) is 16.3. The Morgan fingerprint density at radius 3 is 1.31 bits per heavy atom. The van der Waals surface area contributed by atoms with Crippen molar-refractivity contribution in [3.8, 4) is 40.1 Å². The third-order valence-corrected chi connectivity index (χ3v) is 4.60. The van der Waals surface area contributed by atoms with E-state index in [9.17, 15) is 23.4 Å². The van der Waals surface area contributed by atoms with E-state index in [2.05, 4.69) is 10.2 Å². The molecule has 39 heavy (non-hydrogen) atoms. The molecule has 16 heteroatoms. The summed E-state index contributed by atoms with van der Waals surface area (Å²) < 4.78 is 62.3. The standard InChI is InChI=1S/2C10H10N2O.C2H3N.CHF3O3S.O.Re/c2*1-12-7-6-9(11-12)8-4-2-3-5-10(8)13;1-2-3;2-1(3,4)8(5,6)7;;/h2*2-7,13H,1H3;1H3;(H,5,6,7);;/q;;;;-2;/p-3. The molecule has 0 aliphatic heterocycles. The van der Waals surface area contributed by atoms with Crippen molar-refractivity contribution in [1.82, 2.24) is 19.6 Å². The minimum atomic E-state index is -6.09. The van der Waals surface area contributed by atoms with Gasteiger partial charge in [-0.05, 0) is 23.3 Å². The van der Waals surface area contributed by atoms with Crippen LogP contribution in [-0.2, 0) is 50.1 Å². The van der Waals surface area contributed by atoms with Gasteiger partial charge in [-0.15, -0.1) is 0 Å². The predicted molar refractivity (Wildman–Crippen MR) is 124 cm³/mol. The van der Waals surface area contributed by atoms with E-state index >= 15 is 0 Å². The quantitative estimate of drug-likeness (QED) is 0.222. The number of aromatic nitrogens is 4. The number of benzene rings is 2. The second-order valence-electron chi connectivity index (χ2n) is 6.87. The fourth-order valence-corrected chi connectivity index (χ4v) is 2.47. The zero-order valence-electron chi connectivity index (χ0n) is 20.5. The Morgan fingerprint density at radius 1 is 0.821 bits per heavy atom. The first kappa shape index (κ1) is 37.4. The van der Waals surface area contributed by atoms with Crippen molar-refractivity contribution in [2.24, 2.45) is 14.1 Å². The Labute approximate surface area is 236 Å². The van der Waals surface area contributed by atoms with Crippen LogP contribution in [0.1, 0.15) is 6.92 Å². The molecule has 0 amide bonds. The monoisotopic (exact) mass is 739 g/mol. The molecule has 0 N–H and O–H groups in total. The molecule has 0 aliphatic rings. The number of nitriles is 1. The molecule has 0 spiro atoms. The van der Waals surface area contributed by atoms with E-state index in [4.69, 9.17) is 18.2 Å². The van der Waals surface area contributed by atoms with Crippen molar-refractivity contribution >= 4 is 10.1 Å². The normalized spacial score (nSPS) is 9.90. The maximum Gasteiger partial charge on any atom is 0.485 e. The summed E-state index contributed by atoms with van der Waals surface area (Å²) >= 11 is 0. The number of hydrogen-bond donors (Lipinski definition) is 0. The van der Waals surface area contributed by atoms with Gasteiger partial charge in [-0.3, -0.25) is 9.36 Å². The molecule has 0 fully saturated rings. The van der Waals surface area contributed by atoms with Crippen LogP contribution in [0.2, 0.25) is 0 Å². The maximum atomic E-state index is 11.4. The van der Waals surface area contributed by atoms with Crippen LogP contribution in [0.15, 0.2) is 73.1 Å². The number of halogens is 3. The summed E-state index contributed by atoms with van der Waals surface area (Å²) in [5, 5.41) is 38.4. The summed E-state index contributed by atoms with van der Waals surface area (Å²) in [7, 11) is -2.43. The molecule has 213 valence electrons. The fourth-order valence-electron chi connectivity index (χ4n) is 2.47. The second-order valence-corrected chi connectivity index (χ2v) is 8.24. The Morgan fingerprint density at radius 2 is 1.10 bits per heavy atom. The summed E-state index contributed by atoms with van der Waals surface area (Å²) in [6.07, 6.45) is 3.64. The van der Waals surface area contributed by atoms with Crippen LogP contribution in [0.3, 0.4) is 0 Å². The molecule has 0 atom stereocenters. The molecular formula is C23H21F3N5O6ReS-5. The Hall–Kier alpha value is -3.73. The summed E-state index contributed by atoms with van der Waals surface area (Å²) in [5.41, 5.74) is -2.88. The third kappa shape index (κ3) is 12.6. The molecule has 0 saturated heterocycles. The number of rotatable bonds is 2. The number of para-hydroxylation sites is 2. The van der Waals surface area contributed by atoms with E-state index in [1.165, 1.54) is 6.92 Å². The fraction of sp³-hybridized carbons (Fsp3) is 0.174. The maximum absolute atomic E-state index is 11.4. The van der Waals surface area contributed by atoms with Crippen molar-refractivity contribution in [3.05, 3.63) is 73.1 Å². The summed E-state index contributed by atoms with van der Waals surface area (Å²) in [6.45, 7) is 1.43. The minimum Gasteiger partial charge on any atom is -2.00 e. The van der Waals surface area contributed by atoms with Gasteiger partial charge in [0, 0.05) is 53.8 Å². The summed E-state index contributed by atoms with van der Waals surface area (Å²) in [6, 6.07) is 19.2. The average Bonchev–Trinajstić information content (AvgIpc) is 3.43. The second kappa shape index (κ2) is 17.0. The molecule has 11 nitrogen and oxygen atoms in total. The van der Waals surface area contributed by atoms with Gasteiger partial charge >= 0.3 is 5.51 Å². The number of hydrogen-bond acceptors (Lipinski definition) is 8. The van der Waals surface area contributed by atoms with Gasteiger partial charge in [-0.25, -0.2) is 8.42 Å². The SMILES string of the molecule is CC#N.Cn1ccc(-c2ccccc2[O-])n1.Cn1ccc(-c2ccccc2[O-])n1.O=S(=O)([O-])C(F)(F)F.[O-2].[Re]. The zero-order valence-corrected chi connectivity index (χ0v) is 24.1. The average molecular weight is 739 g/mol. The number of alkyl halides is 3. The molecule has 4 rings (SSSR count). The first-order chi connectivity index (χ1) is 17.2. The smallest absolute Gasteiger partial charge is 0.485 e. The minimum absolute atomic E-state index is 0. The Bertz CT molecular complexity index is 1350. The van der Waals surface area contributed by atoms with Crippen molar-refractivity contribution in [2.45, 2.75) is 12.4 Å². The largest absolute Gasteiger partial charge is 2.00 e. The predicted octanol–water partition coefficient (Wildman–Crippen LogP) is 2.78. The molecule has 2 aromatic carbocycles. The van der Waals surface area contributed by atoms with Crippen molar-refractivity contribution < 1.29 is 62.3 Å². The first-order valence-corrected chi connectivity index (χ1v) is 11.5. The van der Waals surface area contributed by atoms with Gasteiger partial charge in [0.05, 0.1) is 17.5 Å². The van der Waals surface area contributed by atoms with E-state index in [1.54, 1.807) is 51.8 Å². The Balaban J connectivity index is 0. The molecule has 0 aliphatic carbocycles. The van der Waals surface area contributed by atoms with Gasteiger partial charge in [0.2, 0.25) is 0 Å². The van der Waals surface area contributed by atoms with Crippen molar-refractivity contribution in [2.75, 3.05) is 0 Å². The van der Waals surface area contributed by atoms with Gasteiger partial charge in [0.25, 0.3) is 0 Å². The van der Waals surface area contributed by atoms with Gasteiger partial charge in [0.15, 0.2) is 10.1 Å². The van der Waals surface area contributed by atoms with E-state index in [0.29, 0.717) is 11.1 Å². The molecule has 0 unspecified atom stereocenters. The number of aryl methyl sites for hydroxylation is 2. The molecular weight excluding hydrogens is 718 g/mol. The summed E-state index contributed by atoms with van der Waals surface area (Å²) in [5.74, 6) is 0.0300. The summed E-state index contributed by atoms with van der Waals surface area (Å²) in [4.78, 5) is 0. The van der Waals surface area contributed by atoms with Crippen molar-refractivity contribution in [3.63, 3.8) is 0 Å². The van der Waals surface area contributed by atoms with Gasteiger partial charge < -0.3 is 20.2 Å². The molecule has 0 bridgehead atoms. The van der Waals surface area contributed by atoms with Crippen LogP contribution >= 0.6 is 0 Å². The van der Waals surface area contributed by atoms with Crippen LogP contribution in [0.25, 0.3) is 22.5 Å². The van der Waals surface area contributed by atoms with Crippen molar-refractivity contribution in [1.29, 1.82) is 5.26 Å². The molecule has 2 aromatic heterocycles. The van der Waals surface area contributed by atoms with Crippen LogP contribution < -0.4 is 10.2 Å². The van der Waals surface area contributed by atoms with Gasteiger partial charge in [-0.1, -0.05) is 60.0 Å². The van der Waals surface area contributed by atoms with Crippen LogP contribution in [0.4, 0.5) is 13.2 Å². The molecule has 4 aromatic rings. The van der Waals surface area contributed by atoms with E-state index < -0.39 is 15.6 Å². The van der Waals surface area contributed by atoms with Crippen LogP contribution in [0, 0.1) is 11.3 Å². The zero-order chi connectivity index (χ0) is 28.2. The van der Waals surface area contributed by atoms with Crippen LogP contribution in [-0.4, -0.2) is 38.0 Å².